The molecule has 1 saturated carbocycles. The van der Waals surface area contributed by atoms with Crippen LogP contribution in [-0.4, -0.2) is 79.4 Å². The molecule has 0 bridgehead atoms. The third-order valence-corrected chi connectivity index (χ3v) is 7.08. The lowest BCUT2D eigenvalue weighted by molar-refractivity contribution is -0.139. The lowest BCUT2D eigenvalue weighted by Gasteiger charge is -2.25. The third-order valence-electron chi connectivity index (χ3n) is 5.87. The molecule has 1 heterocycles. The first-order chi connectivity index (χ1) is 15.0. The SMILES string of the molecule is C/N=C(\NC)NCCCC(N)C(=O)NCCSC1CC(=O)N(CC2CCCCC2)C1=O. The Kier molecular flexibility index (Phi) is 11.1. The number of rotatable bonds is 11. The zero-order valence-corrected chi connectivity index (χ0v) is 19.6. The summed E-state index contributed by atoms with van der Waals surface area (Å²) in [6.45, 7) is 1.69. The lowest BCUT2D eigenvalue weighted by Crippen LogP contribution is -2.42. The van der Waals surface area contributed by atoms with Crippen LogP contribution in [0.5, 0.6) is 0 Å². The van der Waals surface area contributed by atoms with Crippen molar-refractivity contribution in [3.05, 3.63) is 0 Å². The van der Waals surface area contributed by atoms with E-state index in [1.807, 2.05) is 0 Å². The molecule has 2 unspecified atom stereocenters. The van der Waals surface area contributed by atoms with E-state index in [0.717, 1.165) is 19.3 Å². The fourth-order valence-corrected chi connectivity index (χ4v) is 5.08. The molecule has 5 N–H and O–H groups in total. The Labute approximate surface area is 189 Å². The number of nitrogens with one attached hydrogen (secondary N) is 3. The molecule has 0 aromatic carbocycles. The van der Waals surface area contributed by atoms with Crippen LogP contribution in [0.2, 0.25) is 0 Å². The molecule has 2 rings (SSSR count). The quantitative estimate of drug-likeness (QED) is 0.154. The maximum atomic E-state index is 12.6. The molecule has 2 fully saturated rings. The molecule has 3 amide bonds. The summed E-state index contributed by atoms with van der Waals surface area (Å²) in [6.07, 6.45) is 7.46. The van der Waals surface area contributed by atoms with Crippen molar-refractivity contribution < 1.29 is 14.4 Å². The summed E-state index contributed by atoms with van der Waals surface area (Å²) in [5.41, 5.74) is 5.95. The maximum absolute atomic E-state index is 12.6. The lowest BCUT2D eigenvalue weighted by atomic mass is 9.89. The first-order valence-electron chi connectivity index (χ1n) is 11.3. The van der Waals surface area contributed by atoms with Crippen LogP contribution in [0.1, 0.15) is 51.4 Å². The molecular formula is C21H38N6O3S. The van der Waals surface area contributed by atoms with Gasteiger partial charge in [0.05, 0.1) is 11.3 Å². The maximum Gasteiger partial charge on any atom is 0.242 e. The van der Waals surface area contributed by atoms with E-state index in [1.165, 1.54) is 35.9 Å². The van der Waals surface area contributed by atoms with Crippen LogP contribution >= 0.6 is 11.8 Å². The molecule has 2 aliphatic rings. The van der Waals surface area contributed by atoms with Crippen LogP contribution in [0.3, 0.4) is 0 Å². The van der Waals surface area contributed by atoms with Gasteiger partial charge in [-0.15, -0.1) is 11.8 Å². The molecule has 1 aliphatic carbocycles. The van der Waals surface area contributed by atoms with E-state index >= 15 is 0 Å². The number of carbonyl (C=O) groups excluding carboxylic acids is 3. The topological polar surface area (TPSA) is 129 Å². The summed E-state index contributed by atoms with van der Waals surface area (Å²) >= 11 is 1.45. The van der Waals surface area contributed by atoms with E-state index in [0.29, 0.717) is 43.7 Å². The van der Waals surface area contributed by atoms with Crippen LogP contribution in [0.4, 0.5) is 0 Å². The second kappa shape index (κ2) is 13.6. The van der Waals surface area contributed by atoms with Crippen molar-refractivity contribution in [1.29, 1.82) is 0 Å². The molecule has 0 aromatic heterocycles. The van der Waals surface area contributed by atoms with Gasteiger partial charge < -0.3 is 21.7 Å². The van der Waals surface area contributed by atoms with Gasteiger partial charge in [-0.2, -0.15) is 0 Å². The van der Waals surface area contributed by atoms with Crippen LogP contribution < -0.4 is 21.7 Å². The fourth-order valence-electron chi connectivity index (χ4n) is 4.05. The first kappa shape index (κ1) is 25.5. The zero-order valence-electron chi connectivity index (χ0n) is 18.8. The number of imide groups is 1. The minimum atomic E-state index is -0.566. The number of guanidine groups is 1. The minimum absolute atomic E-state index is 0.0534. The van der Waals surface area contributed by atoms with Crippen molar-refractivity contribution >= 4 is 35.4 Å². The highest BCUT2D eigenvalue weighted by molar-refractivity contribution is 8.00. The number of amides is 3. The van der Waals surface area contributed by atoms with E-state index < -0.39 is 6.04 Å². The molecule has 2 atom stereocenters. The highest BCUT2D eigenvalue weighted by atomic mass is 32.2. The number of carbonyl (C=O) groups is 3. The Balaban J connectivity index is 1.60. The molecule has 1 saturated heterocycles. The van der Waals surface area contributed by atoms with Gasteiger partial charge in [0.2, 0.25) is 17.7 Å². The Morgan fingerprint density at radius 2 is 1.97 bits per heavy atom. The summed E-state index contributed by atoms with van der Waals surface area (Å²) < 4.78 is 0. The highest BCUT2D eigenvalue weighted by Crippen LogP contribution is 2.29. The summed E-state index contributed by atoms with van der Waals surface area (Å²) in [6, 6.07) is -0.566. The Hall–Kier alpha value is -1.81. The van der Waals surface area contributed by atoms with Crippen molar-refractivity contribution in [2.75, 3.05) is 39.5 Å². The average Bonchev–Trinajstić information content (AvgIpc) is 3.04. The third kappa shape index (κ3) is 8.33. The summed E-state index contributed by atoms with van der Waals surface area (Å²) in [7, 11) is 3.48. The standard InChI is InChI=1S/C21H38N6O3S/c1-23-21(24-2)26-10-6-9-16(22)19(29)25-11-12-31-17-13-18(28)27(20(17)30)14-15-7-4-3-5-8-15/h15-17H,3-14,22H2,1-2H3,(H,25,29)(H2,23,24,26). The van der Waals surface area contributed by atoms with Crippen LogP contribution in [0, 0.1) is 5.92 Å². The number of hydrogen-bond donors (Lipinski definition) is 4. The van der Waals surface area contributed by atoms with Gasteiger partial charge in [0.15, 0.2) is 5.96 Å². The first-order valence-corrected chi connectivity index (χ1v) is 12.4. The molecule has 31 heavy (non-hydrogen) atoms. The van der Waals surface area contributed by atoms with Gasteiger partial charge in [-0.3, -0.25) is 24.3 Å². The number of aliphatic imine (C=N–C) groups is 1. The molecule has 176 valence electrons. The Bertz CT molecular complexity index is 639. The number of likely N-dealkylation sites (tertiary alicyclic amines) is 1. The van der Waals surface area contributed by atoms with E-state index in [1.54, 1.807) is 14.1 Å². The normalized spacial score (nSPS) is 21.3. The van der Waals surface area contributed by atoms with Gasteiger partial charge in [-0.1, -0.05) is 19.3 Å². The van der Waals surface area contributed by atoms with Crippen molar-refractivity contribution in [2.24, 2.45) is 16.6 Å². The molecule has 0 spiro atoms. The predicted molar refractivity (Wildman–Crippen MR) is 125 cm³/mol. The molecule has 10 heteroatoms. The van der Waals surface area contributed by atoms with E-state index in [4.69, 9.17) is 5.73 Å². The molecule has 0 radical (unpaired) electrons. The van der Waals surface area contributed by atoms with Gasteiger partial charge in [0.25, 0.3) is 0 Å². The Morgan fingerprint density at radius 3 is 2.65 bits per heavy atom. The largest absolute Gasteiger partial charge is 0.359 e. The molecule has 9 nitrogen and oxygen atoms in total. The summed E-state index contributed by atoms with van der Waals surface area (Å²) in [5.74, 6) is 1.44. The number of nitrogens with two attached hydrogens (primary N) is 1. The van der Waals surface area contributed by atoms with E-state index in [2.05, 4.69) is 20.9 Å². The fraction of sp³-hybridized carbons (Fsp3) is 0.810. The van der Waals surface area contributed by atoms with Crippen molar-refractivity contribution in [2.45, 2.75) is 62.7 Å². The van der Waals surface area contributed by atoms with Gasteiger partial charge in [-0.25, -0.2) is 0 Å². The monoisotopic (exact) mass is 454 g/mol. The van der Waals surface area contributed by atoms with Gasteiger partial charge in [0, 0.05) is 45.9 Å². The molecule has 0 aromatic rings. The Morgan fingerprint density at radius 1 is 1.23 bits per heavy atom. The molecular weight excluding hydrogens is 416 g/mol. The highest BCUT2D eigenvalue weighted by Gasteiger charge is 2.39. The van der Waals surface area contributed by atoms with Crippen LogP contribution in [0.25, 0.3) is 0 Å². The smallest absolute Gasteiger partial charge is 0.242 e. The second-order valence-corrected chi connectivity index (χ2v) is 9.51. The number of thioether (sulfide) groups is 1. The average molecular weight is 455 g/mol. The van der Waals surface area contributed by atoms with Crippen molar-refractivity contribution in [1.82, 2.24) is 20.9 Å². The van der Waals surface area contributed by atoms with Crippen LogP contribution in [0.15, 0.2) is 4.99 Å². The summed E-state index contributed by atoms with van der Waals surface area (Å²) in [4.78, 5) is 42.5. The number of hydrogen-bond acceptors (Lipinski definition) is 6. The second-order valence-electron chi connectivity index (χ2n) is 8.20. The minimum Gasteiger partial charge on any atom is -0.359 e. The summed E-state index contributed by atoms with van der Waals surface area (Å²) in [5, 5.41) is 8.55. The number of nitrogens with zero attached hydrogens (tertiary/aromatic N) is 2. The van der Waals surface area contributed by atoms with Gasteiger partial charge in [-0.05, 0) is 31.6 Å². The molecule has 1 aliphatic heterocycles. The van der Waals surface area contributed by atoms with E-state index in [-0.39, 0.29) is 29.4 Å². The zero-order chi connectivity index (χ0) is 22.6. The van der Waals surface area contributed by atoms with Gasteiger partial charge in [0.1, 0.15) is 0 Å². The van der Waals surface area contributed by atoms with E-state index in [9.17, 15) is 14.4 Å². The predicted octanol–water partition coefficient (Wildman–Crippen LogP) is 0.446. The van der Waals surface area contributed by atoms with Crippen molar-refractivity contribution in [3.63, 3.8) is 0 Å². The van der Waals surface area contributed by atoms with Crippen LogP contribution in [-0.2, 0) is 14.4 Å². The van der Waals surface area contributed by atoms with Crippen molar-refractivity contribution in [3.8, 4) is 0 Å². The van der Waals surface area contributed by atoms with Gasteiger partial charge >= 0.3 is 0 Å².